The van der Waals surface area contributed by atoms with Gasteiger partial charge in [0.2, 0.25) is 0 Å². The fraction of sp³-hybridized carbons (Fsp3) is 0.750. The number of carbonyl (C=O) groups is 1. The predicted molar refractivity (Wildman–Crippen MR) is 84.3 cm³/mol. The predicted octanol–water partition coefficient (Wildman–Crippen LogP) is 2.46. The van der Waals surface area contributed by atoms with Gasteiger partial charge in [-0.2, -0.15) is 5.10 Å². The van der Waals surface area contributed by atoms with Crippen molar-refractivity contribution in [3.8, 4) is 0 Å². The summed E-state index contributed by atoms with van der Waals surface area (Å²) >= 11 is 0. The van der Waals surface area contributed by atoms with Crippen molar-refractivity contribution in [1.82, 2.24) is 20.4 Å². The summed E-state index contributed by atoms with van der Waals surface area (Å²) in [6.45, 7) is 8.35. The second-order valence-corrected chi connectivity index (χ2v) is 6.51. The molecule has 5 heteroatoms. The first-order valence-corrected chi connectivity index (χ1v) is 7.94. The van der Waals surface area contributed by atoms with Gasteiger partial charge < -0.3 is 10.6 Å². The Balaban J connectivity index is 1.86. The normalized spacial score (nSPS) is 23.1. The molecule has 118 valence electrons. The Morgan fingerprint density at radius 2 is 2.14 bits per heavy atom. The fourth-order valence-corrected chi connectivity index (χ4v) is 3.26. The summed E-state index contributed by atoms with van der Waals surface area (Å²) in [4.78, 5) is 12.1. The van der Waals surface area contributed by atoms with Gasteiger partial charge in [-0.05, 0) is 51.5 Å². The molecular weight excluding hydrogens is 264 g/mol. The molecule has 1 saturated carbocycles. The lowest BCUT2D eigenvalue weighted by atomic mass is 10.1. The van der Waals surface area contributed by atoms with Gasteiger partial charge in [-0.25, -0.2) is 4.79 Å². The highest BCUT2D eigenvalue weighted by molar-refractivity contribution is 5.74. The Morgan fingerprint density at radius 1 is 1.43 bits per heavy atom. The molecule has 1 aliphatic carbocycles. The molecule has 1 aromatic heterocycles. The molecule has 2 rings (SSSR count). The van der Waals surface area contributed by atoms with Crippen LogP contribution in [0.3, 0.4) is 0 Å². The van der Waals surface area contributed by atoms with E-state index in [9.17, 15) is 4.79 Å². The number of carbonyl (C=O) groups excluding carboxylic acids is 1. The molecule has 3 atom stereocenters. The molecule has 0 aromatic carbocycles. The SMILES string of the molecule is Cc1nn(C)c(C)c1C[C@H](C)NC(=O)N[C@@H]1CCC[C@H]1C. The lowest BCUT2D eigenvalue weighted by Crippen LogP contribution is -2.46. The first kappa shape index (κ1) is 15.9. The maximum Gasteiger partial charge on any atom is 0.315 e. The number of rotatable bonds is 4. The summed E-state index contributed by atoms with van der Waals surface area (Å²) in [6, 6.07) is 0.391. The van der Waals surface area contributed by atoms with Crippen molar-refractivity contribution in [2.45, 2.75) is 65.5 Å². The van der Waals surface area contributed by atoms with Crippen LogP contribution in [-0.4, -0.2) is 27.9 Å². The third-order valence-corrected chi connectivity index (χ3v) is 4.72. The van der Waals surface area contributed by atoms with Crippen molar-refractivity contribution >= 4 is 6.03 Å². The Bertz CT molecular complexity index is 509. The molecule has 1 aliphatic rings. The minimum absolute atomic E-state index is 0.0413. The molecule has 0 saturated heterocycles. The van der Waals surface area contributed by atoms with Gasteiger partial charge in [0.25, 0.3) is 0 Å². The summed E-state index contributed by atoms with van der Waals surface area (Å²) < 4.78 is 1.90. The highest BCUT2D eigenvalue weighted by atomic mass is 16.2. The Morgan fingerprint density at radius 3 is 2.67 bits per heavy atom. The molecule has 1 heterocycles. The van der Waals surface area contributed by atoms with Gasteiger partial charge in [-0.1, -0.05) is 13.3 Å². The van der Waals surface area contributed by atoms with Crippen molar-refractivity contribution in [3.63, 3.8) is 0 Å². The van der Waals surface area contributed by atoms with Gasteiger partial charge in [0, 0.05) is 24.8 Å². The van der Waals surface area contributed by atoms with E-state index in [1.165, 1.54) is 24.1 Å². The quantitative estimate of drug-likeness (QED) is 0.895. The lowest BCUT2D eigenvalue weighted by molar-refractivity contribution is 0.231. The second kappa shape index (κ2) is 6.50. The van der Waals surface area contributed by atoms with Crippen LogP contribution in [0.25, 0.3) is 0 Å². The maximum absolute atomic E-state index is 12.1. The van der Waals surface area contributed by atoms with E-state index in [1.807, 2.05) is 25.6 Å². The number of nitrogens with one attached hydrogen (secondary N) is 2. The van der Waals surface area contributed by atoms with Crippen LogP contribution < -0.4 is 10.6 Å². The van der Waals surface area contributed by atoms with Crippen LogP contribution in [0.4, 0.5) is 4.79 Å². The summed E-state index contributed by atoms with van der Waals surface area (Å²) in [6.07, 6.45) is 4.35. The number of hydrogen-bond donors (Lipinski definition) is 2. The van der Waals surface area contributed by atoms with Crippen LogP contribution in [0.5, 0.6) is 0 Å². The molecule has 0 aliphatic heterocycles. The molecule has 0 unspecified atom stereocenters. The minimum atomic E-state index is -0.0413. The van der Waals surface area contributed by atoms with E-state index in [2.05, 4.69) is 29.6 Å². The van der Waals surface area contributed by atoms with Gasteiger partial charge in [-0.15, -0.1) is 0 Å². The van der Waals surface area contributed by atoms with E-state index >= 15 is 0 Å². The second-order valence-electron chi connectivity index (χ2n) is 6.51. The Hall–Kier alpha value is -1.52. The van der Waals surface area contributed by atoms with Crippen molar-refractivity contribution in [3.05, 3.63) is 17.0 Å². The first-order chi connectivity index (χ1) is 9.88. The van der Waals surface area contributed by atoms with Crippen molar-refractivity contribution < 1.29 is 4.79 Å². The van der Waals surface area contributed by atoms with E-state index in [4.69, 9.17) is 0 Å². The van der Waals surface area contributed by atoms with Gasteiger partial charge in [0.15, 0.2) is 0 Å². The topological polar surface area (TPSA) is 59.0 Å². The Kier molecular flexibility index (Phi) is 4.91. The van der Waals surface area contributed by atoms with Crippen molar-refractivity contribution in [2.75, 3.05) is 0 Å². The average Bonchev–Trinajstić information content (AvgIpc) is 2.89. The molecule has 5 nitrogen and oxygen atoms in total. The van der Waals surface area contributed by atoms with E-state index in [-0.39, 0.29) is 12.1 Å². The molecule has 2 amide bonds. The van der Waals surface area contributed by atoms with Gasteiger partial charge in [0.05, 0.1) is 5.69 Å². The molecular formula is C16H28N4O. The zero-order valence-corrected chi connectivity index (χ0v) is 13.9. The zero-order chi connectivity index (χ0) is 15.6. The molecule has 0 bridgehead atoms. The fourth-order valence-electron chi connectivity index (χ4n) is 3.26. The number of nitrogens with zero attached hydrogens (tertiary/aromatic N) is 2. The molecule has 1 aromatic rings. The number of urea groups is 1. The van der Waals surface area contributed by atoms with Crippen LogP contribution in [0.2, 0.25) is 0 Å². The van der Waals surface area contributed by atoms with Gasteiger partial charge in [0.1, 0.15) is 0 Å². The minimum Gasteiger partial charge on any atom is -0.335 e. The highest BCUT2D eigenvalue weighted by Gasteiger charge is 2.25. The molecule has 21 heavy (non-hydrogen) atoms. The number of amides is 2. The first-order valence-electron chi connectivity index (χ1n) is 7.94. The number of aromatic nitrogens is 2. The van der Waals surface area contributed by atoms with E-state index in [1.54, 1.807) is 0 Å². The van der Waals surface area contributed by atoms with Crippen molar-refractivity contribution in [2.24, 2.45) is 13.0 Å². The summed E-state index contributed by atoms with van der Waals surface area (Å²) in [7, 11) is 1.96. The third-order valence-electron chi connectivity index (χ3n) is 4.72. The van der Waals surface area contributed by atoms with Crippen LogP contribution in [0.15, 0.2) is 0 Å². The average molecular weight is 292 g/mol. The molecule has 0 radical (unpaired) electrons. The smallest absolute Gasteiger partial charge is 0.315 e. The van der Waals surface area contributed by atoms with Gasteiger partial charge in [-0.3, -0.25) is 4.68 Å². The Labute approximate surface area is 127 Å². The molecule has 0 spiro atoms. The monoisotopic (exact) mass is 292 g/mol. The summed E-state index contributed by atoms with van der Waals surface area (Å²) in [5.74, 6) is 0.592. The summed E-state index contributed by atoms with van der Waals surface area (Å²) in [5, 5.41) is 10.6. The summed E-state index contributed by atoms with van der Waals surface area (Å²) in [5.41, 5.74) is 3.46. The van der Waals surface area contributed by atoms with Crippen LogP contribution >= 0.6 is 0 Å². The molecule has 1 fully saturated rings. The number of aryl methyl sites for hydroxylation is 2. The van der Waals surface area contributed by atoms with Crippen LogP contribution in [-0.2, 0) is 13.5 Å². The number of hydrogen-bond acceptors (Lipinski definition) is 2. The lowest BCUT2D eigenvalue weighted by Gasteiger charge is -2.20. The van der Waals surface area contributed by atoms with Gasteiger partial charge >= 0.3 is 6.03 Å². The van der Waals surface area contributed by atoms with Crippen molar-refractivity contribution in [1.29, 1.82) is 0 Å². The third kappa shape index (κ3) is 3.77. The molecule has 2 N–H and O–H groups in total. The zero-order valence-electron chi connectivity index (χ0n) is 13.9. The standard InChI is InChI=1S/C16H28N4O/c1-10-7-6-8-15(10)18-16(21)17-11(2)9-14-12(3)19-20(5)13(14)4/h10-11,15H,6-9H2,1-5H3,(H2,17,18,21)/t10-,11+,15-/m1/s1. The van der Waals surface area contributed by atoms with E-state index < -0.39 is 0 Å². The maximum atomic E-state index is 12.1. The van der Waals surface area contributed by atoms with E-state index in [0.29, 0.717) is 12.0 Å². The van der Waals surface area contributed by atoms with Crippen LogP contribution in [0, 0.1) is 19.8 Å². The highest BCUT2D eigenvalue weighted by Crippen LogP contribution is 2.24. The van der Waals surface area contributed by atoms with E-state index in [0.717, 1.165) is 18.5 Å². The van der Waals surface area contributed by atoms with Crippen LogP contribution in [0.1, 0.15) is 50.1 Å². The largest absolute Gasteiger partial charge is 0.335 e.